The maximum Gasteiger partial charge on any atom is 0.327 e. The molecule has 0 unspecified atom stereocenters. The Balaban J connectivity index is 2.70. The van der Waals surface area contributed by atoms with Gasteiger partial charge in [0.2, 0.25) is 0 Å². The topological polar surface area (TPSA) is 69.6 Å². The lowest BCUT2D eigenvalue weighted by molar-refractivity contribution is -0.139. The van der Waals surface area contributed by atoms with Crippen molar-refractivity contribution in [3.8, 4) is 18.2 Å². The summed E-state index contributed by atoms with van der Waals surface area (Å²) >= 11 is 0. The zero-order valence-electron chi connectivity index (χ0n) is 7.97. The molecule has 0 heterocycles. The number of hydrogen-bond donors (Lipinski definition) is 3. The lowest BCUT2D eigenvalue weighted by atomic mass is 10.1. The van der Waals surface area contributed by atoms with E-state index in [0.717, 1.165) is 5.56 Å². The van der Waals surface area contributed by atoms with E-state index in [9.17, 15) is 4.79 Å². The van der Waals surface area contributed by atoms with Crippen LogP contribution in [0.3, 0.4) is 0 Å². The van der Waals surface area contributed by atoms with E-state index in [1.54, 1.807) is 12.1 Å². The first-order valence-corrected chi connectivity index (χ1v) is 4.35. The molecule has 1 aromatic rings. The number of aromatic hydroxyl groups is 1. The second kappa shape index (κ2) is 4.91. The van der Waals surface area contributed by atoms with Crippen LogP contribution >= 0.6 is 0 Å². The van der Waals surface area contributed by atoms with Crippen LogP contribution in [0.15, 0.2) is 24.3 Å². The fourth-order valence-electron chi connectivity index (χ4n) is 1.17. The van der Waals surface area contributed by atoms with Crippen molar-refractivity contribution in [1.82, 2.24) is 5.32 Å². The fraction of sp³-hybridized carbons (Fsp3) is 0.182. The van der Waals surface area contributed by atoms with E-state index in [0.29, 0.717) is 0 Å². The maximum absolute atomic E-state index is 10.8. The van der Waals surface area contributed by atoms with Gasteiger partial charge >= 0.3 is 5.97 Å². The lowest BCUT2D eigenvalue weighted by Crippen LogP contribution is -2.35. The molecule has 3 N–H and O–H groups in total. The number of nitrogens with one attached hydrogen (secondary N) is 1. The van der Waals surface area contributed by atoms with Gasteiger partial charge in [0.05, 0.1) is 0 Å². The van der Waals surface area contributed by atoms with Crippen LogP contribution in [-0.4, -0.2) is 22.2 Å². The van der Waals surface area contributed by atoms with Gasteiger partial charge in [-0.3, -0.25) is 0 Å². The van der Waals surface area contributed by atoms with Crippen molar-refractivity contribution in [2.24, 2.45) is 0 Å². The molecule has 0 aliphatic carbocycles. The van der Waals surface area contributed by atoms with Gasteiger partial charge in [-0.1, -0.05) is 18.6 Å². The lowest BCUT2D eigenvalue weighted by Gasteiger charge is -2.10. The normalized spacial score (nSPS) is 11.4. The first kappa shape index (κ1) is 10.9. The smallest absolute Gasteiger partial charge is 0.327 e. The molecular weight excluding hydrogens is 194 g/mol. The minimum absolute atomic E-state index is 0.149. The SMILES string of the molecule is C#CN[C@@H](Cc1ccc(O)cc1)C(=O)O. The molecule has 1 aromatic carbocycles. The molecular formula is C11H11NO3. The summed E-state index contributed by atoms with van der Waals surface area (Å²) in [6.07, 6.45) is 5.26. The molecule has 4 heteroatoms. The summed E-state index contributed by atoms with van der Waals surface area (Å²) in [5.74, 6) is -0.850. The Morgan fingerprint density at radius 2 is 2.07 bits per heavy atom. The molecule has 0 aromatic heterocycles. The Bertz CT molecular complexity index is 378. The summed E-state index contributed by atoms with van der Waals surface area (Å²) in [6.45, 7) is 0. The number of benzene rings is 1. The van der Waals surface area contributed by atoms with E-state index < -0.39 is 12.0 Å². The van der Waals surface area contributed by atoms with Crippen LogP contribution in [0.1, 0.15) is 5.56 Å². The van der Waals surface area contributed by atoms with Crippen LogP contribution in [0, 0.1) is 12.5 Å². The van der Waals surface area contributed by atoms with Gasteiger partial charge in [-0.25, -0.2) is 4.79 Å². The van der Waals surface area contributed by atoms with Gasteiger partial charge in [0.15, 0.2) is 0 Å². The molecule has 4 nitrogen and oxygen atoms in total. The van der Waals surface area contributed by atoms with Crippen LogP contribution in [0.25, 0.3) is 0 Å². The first-order valence-electron chi connectivity index (χ1n) is 4.35. The molecule has 0 aliphatic rings. The minimum atomic E-state index is -0.999. The van der Waals surface area contributed by atoms with Gasteiger partial charge in [0.25, 0.3) is 0 Å². The van der Waals surface area contributed by atoms with E-state index in [1.807, 2.05) is 0 Å². The molecule has 0 aliphatic heterocycles. The van der Waals surface area contributed by atoms with Gasteiger partial charge in [-0.2, -0.15) is 0 Å². The number of terminal acetylenes is 1. The van der Waals surface area contributed by atoms with Crippen LogP contribution in [-0.2, 0) is 11.2 Å². The third-order valence-electron chi connectivity index (χ3n) is 1.93. The van der Waals surface area contributed by atoms with Gasteiger partial charge < -0.3 is 15.5 Å². The third-order valence-corrected chi connectivity index (χ3v) is 1.93. The van der Waals surface area contributed by atoms with Crippen LogP contribution in [0.5, 0.6) is 5.75 Å². The number of carboxylic acid groups (broad SMARTS) is 1. The average Bonchev–Trinajstić information content (AvgIpc) is 2.20. The largest absolute Gasteiger partial charge is 0.508 e. The van der Waals surface area contributed by atoms with Crippen molar-refractivity contribution in [2.45, 2.75) is 12.5 Å². The monoisotopic (exact) mass is 205 g/mol. The molecule has 0 fully saturated rings. The predicted molar refractivity (Wildman–Crippen MR) is 55.2 cm³/mol. The van der Waals surface area contributed by atoms with E-state index in [1.165, 1.54) is 12.1 Å². The maximum atomic E-state index is 10.8. The highest BCUT2D eigenvalue weighted by atomic mass is 16.4. The summed E-state index contributed by atoms with van der Waals surface area (Å²) in [5.41, 5.74) is 0.794. The average molecular weight is 205 g/mol. The van der Waals surface area contributed by atoms with E-state index in [2.05, 4.69) is 11.4 Å². The quantitative estimate of drug-likeness (QED) is 0.496. The van der Waals surface area contributed by atoms with Gasteiger partial charge in [0.1, 0.15) is 11.8 Å². The highest BCUT2D eigenvalue weighted by molar-refractivity contribution is 5.74. The zero-order valence-corrected chi connectivity index (χ0v) is 7.97. The fourth-order valence-corrected chi connectivity index (χ4v) is 1.17. The minimum Gasteiger partial charge on any atom is -0.508 e. The van der Waals surface area contributed by atoms with Crippen LogP contribution in [0.4, 0.5) is 0 Å². The molecule has 0 saturated carbocycles. The Hall–Kier alpha value is -2.15. The number of phenols is 1. The molecule has 0 amide bonds. The predicted octanol–water partition coefficient (Wildman–Crippen LogP) is 0.568. The van der Waals surface area contributed by atoms with Gasteiger partial charge in [-0.15, -0.1) is 0 Å². The number of hydrogen-bond acceptors (Lipinski definition) is 3. The van der Waals surface area contributed by atoms with Crippen LogP contribution < -0.4 is 5.32 Å². The third kappa shape index (κ3) is 3.24. The Morgan fingerprint density at radius 3 is 2.53 bits per heavy atom. The Kier molecular flexibility index (Phi) is 3.58. The highest BCUT2D eigenvalue weighted by Crippen LogP contribution is 2.11. The number of carboxylic acids is 1. The number of carbonyl (C=O) groups is 1. The van der Waals surface area contributed by atoms with E-state index in [4.69, 9.17) is 16.6 Å². The van der Waals surface area contributed by atoms with Gasteiger partial charge in [-0.05, 0) is 17.7 Å². The van der Waals surface area contributed by atoms with Crippen molar-refractivity contribution < 1.29 is 15.0 Å². The molecule has 0 saturated heterocycles. The first-order chi connectivity index (χ1) is 7.13. The summed E-state index contributed by atoms with van der Waals surface area (Å²) < 4.78 is 0. The summed E-state index contributed by atoms with van der Waals surface area (Å²) in [5, 5.41) is 20.3. The summed E-state index contributed by atoms with van der Waals surface area (Å²) in [4.78, 5) is 10.8. The number of phenolic OH excluding ortho intramolecular Hbond substituents is 1. The second-order valence-corrected chi connectivity index (χ2v) is 3.05. The van der Waals surface area contributed by atoms with E-state index >= 15 is 0 Å². The standard InChI is InChI=1S/C11H11NO3/c1-2-12-10(11(14)15)7-8-3-5-9(13)6-4-8/h1,3-6,10,12-13H,7H2,(H,14,15)/t10-/m0/s1. The van der Waals surface area contributed by atoms with Crippen molar-refractivity contribution >= 4 is 5.97 Å². The molecule has 0 bridgehead atoms. The van der Waals surface area contributed by atoms with Crippen molar-refractivity contribution in [1.29, 1.82) is 0 Å². The van der Waals surface area contributed by atoms with Crippen molar-refractivity contribution in [3.63, 3.8) is 0 Å². The molecule has 0 spiro atoms. The Labute approximate surface area is 87.6 Å². The van der Waals surface area contributed by atoms with Crippen molar-refractivity contribution in [3.05, 3.63) is 29.8 Å². The molecule has 15 heavy (non-hydrogen) atoms. The Morgan fingerprint density at radius 1 is 1.47 bits per heavy atom. The summed E-state index contributed by atoms with van der Waals surface area (Å²) in [7, 11) is 0. The van der Waals surface area contributed by atoms with Crippen LogP contribution in [0.2, 0.25) is 0 Å². The molecule has 0 radical (unpaired) electrons. The molecule has 1 rings (SSSR count). The number of aliphatic carboxylic acids is 1. The van der Waals surface area contributed by atoms with E-state index in [-0.39, 0.29) is 12.2 Å². The van der Waals surface area contributed by atoms with Crippen molar-refractivity contribution in [2.75, 3.05) is 0 Å². The highest BCUT2D eigenvalue weighted by Gasteiger charge is 2.15. The molecule has 78 valence electrons. The summed E-state index contributed by atoms with van der Waals surface area (Å²) in [6, 6.07) is 7.62. The zero-order chi connectivity index (χ0) is 11.3. The number of rotatable bonds is 4. The van der Waals surface area contributed by atoms with Gasteiger partial charge in [0, 0.05) is 12.5 Å². The molecule has 1 atom stereocenters. The second-order valence-electron chi connectivity index (χ2n) is 3.05.